The van der Waals surface area contributed by atoms with Crippen molar-refractivity contribution in [2.45, 2.75) is 45.4 Å². The summed E-state index contributed by atoms with van der Waals surface area (Å²) in [5.41, 5.74) is 3.71. The molecule has 1 aliphatic heterocycles. The molecule has 6 heteroatoms. The van der Waals surface area contributed by atoms with E-state index in [1.807, 2.05) is 17.7 Å². The molecule has 31 heavy (non-hydrogen) atoms. The first-order valence-corrected chi connectivity index (χ1v) is 10.7. The Morgan fingerprint density at radius 3 is 2.45 bits per heavy atom. The minimum Gasteiger partial charge on any atom is -0.496 e. The van der Waals surface area contributed by atoms with Crippen LogP contribution in [0.4, 0.5) is 4.39 Å². The Morgan fingerprint density at radius 2 is 1.81 bits per heavy atom. The van der Waals surface area contributed by atoms with E-state index in [0.717, 1.165) is 29.2 Å². The minimum atomic E-state index is -1.09. The molecule has 5 nitrogen and oxygen atoms in total. The number of aromatic nitrogens is 2. The number of piperidine rings is 1. The molecular formula is C25H30FN3O2. The molecule has 1 aliphatic rings. The monoisotopic (exact) mass is 423 g/mol. The first kappa shape index (κ1) is 21.5. The van der Waals surface area contributed by atoms with Crippen LogP contribution in [0.5, 0.6) is 5.75 Å². The van der Waals surface area contributed by atoms with Gasteiger partial charge in [0.1, 0.15) is 11.6 Å². The van der Waals surface area contributed by atoms with Gasteiger partial charge in [0.25, 0.3) is 0 Å². The Morgan fingerprint density at radius 1 is 1.06 bits per heavy atom. The number of likely N-dealkylation sites (tertiary alicyclic amines) is 1. The van der Waals surface area contributed by atoms with Crippen molar-refractivity contribution in [1.82, 2.24) is 14.7 Å². The van der Waals surface area contributed by atoms with Gasteiger partial charge in [0.05, 0.1) is 24.9 Å². The van der Waals surface area contributed by atoms with Crippen LogP contribution in [-0.4, -0.2) is 40.0 Å². The molecule has 164 valence electrons. The van der Waals surface area contributed by atoms with E-state index in [1.54, 1.807) is 25.3 Å². The van der Waals surface area contributed by atoms with E-state index in [0.29, 0.717) is 38.0 Å². The van der Waals surface area contributed by atoms with Crippen LogP contribution in [0.3, 0.4) is 0 Å². The molecular weight excluding hydrogens is 393 g/mol. The summed E-state index contributed by atoms with van der Waals surface area (Å²) in [5, 5.41) is 15.6. The molecule has 3 aromatic rings. The van der Waals surface area contributed by atoms with Crippen molar-refractivity contribution >= 4 is 0 Å². The molecule has 2 aromatic carbocycles. The molecule has 0 spiro atoms. The van der Waals surface area contributed by atoms with E-state index in [2.05, 4.69) is 35.1 Å². The number of methoxy groups -OCH3 is 1. The first-order valence-electron chi connectivity index (χ1n) is 10.7. The molecule has 0 aliphatic carbocycles. The summed E-state index contributed by atoms with van der Waals surface area (Å²) in [5.74, 6) is 0.520. The lowest BCUT2D eigenvalue weighted by atomic mass is 9.84. The third kappa shape index (κ3) is 4.65. The number of halogens is 1. The lowest BCUT2D eigenvalue weighted by molar-refractivity contribution is -0.0302. The van der Waals surface area contributed by atoms with Crippen LogP contribution in [0.2, 0.25) is 0 Å². The third-order valence-corrected chi connectivity index (χ3v) is 6.23. The zero-order chi connectivity index (χ0) is 22.0. The predicted molar refractivity (Wildman–Crippen MR) is 119 cm³/mol. The largest absolute Gasteiger partial charge is 0.496 e. The maximum Gasteiger partial charge on any atom is 0.129 e. The fraction of sp³-hybridized carbons (Fsp3) is 0.400. The highest BCUT2D eigenvalue weighted by atomic mass is 19.1. The zero-order valence-corrected chi connectivity index (χ0v) is 18.4. The lowest BCUT2D eigenvalue weighted by Gasteiger charge is -2.38. The number of benzene rings is 2. The molecule has 0 saturated carbocycles. The Kier molecular flexibility index (Phi) is 6.12. The van der Waals surface area contributed by atoms with Gasteiger partial charge < -0.3 is 9.84 Å². The van der Waals surface area contributed by atoms with Crippen LogP contribution in [0.25, 0.3) is 0 Å². The van der Waals surface area contributed by atoms with Gasteiger partial charge in [-0.05, 0) is 56.5 Å². The number of ether oxygens (including phenoxy) is 1. The SMILES string of the molecule is COc1ccc(CN2CCC(O)(c3ccccc3F)CC2)cc1Cn1nc(C)cc1C. The average molecular weight is 424 g/mol. The Bertz CT molecular complexity index is 1050. The molecule has 4 rings (SSSR count). The summed E-state index contributed by atoms with van der Waals surface area (Å²) in [6.45, 7) is 6.91. The number of rotatable bonds is 6. The fourth-order valence-electron chi connectivity index (χ4n) is 4.50. The van der Waals surface area contributed by atoms with Gasteiger partial charge in [-0.3, -0.25) is 9.58 Å². The summed E-state index contributed by atoms with van der Waals surface area (Å²) in [6, 6.07) is 14.9. The highest BCUT2D eigenvalue weighted by Crippen LogP contribution is 2.35. The summed E-state index contributed by atoms with van der Waals surface area (Å²) in [4.78, 5) is 2.31. The van der Waals surface area contributed by atoms with E-state index in [1.165, 1.54) is 11.6 Å². The van der Waals surface area contributed by atoms with Gasteiger partial charge in [-0.25, -0.2) is 4.39 Å². The van der Waals surface area contributed by atoms with E-state index in [9.17, 15) is 9.50 Å². The molecule has 1 aromatic heterocycles. The smallest absolute Gasteiger partial charge is 0.129 e. The van der Waals surface area contributed by atoms with Crippen molar-refractivity contribution < 1.29 is 14.2 Å². The molecule has 1 fully saturated rings. The van der Waals surface area contributed by atoms with E-state index in [4.69, 9.17) is 4.74 Å². The van der Waals surface area contributed by atoms with Gasteiger partial charge in [0.15, 0.2) is 0 Å². The summed E-state index contributed by atoms with van der Waals surface area (Å²) >= 11 is 0. The molecule has 1 N–H and O–H groups in total. The maximum atomic E-state index is 14.2. The van der Waals surface area contributed by atoms with Crippen LogP contribution in [0.15, 0.2) is 48.5 Å². The van der Waals surface area contributed by atoms with Crippen LogP contribution in [0.1, 0.15) is 40.9 Å². The highest BCUT2D eigenvalue weighted by Gasteiger charge is 2.35. The molecule has 0 atom stereocenters. The zero-order valence-electron chi connectivity index (χ0n) is 18.4. The molecule has 0 bridgehead atoms. The van der Waals surface area contributed by atoms with Crippen LogP contribution >= 0.6 is 0 Å². The second-order valence-electron chi connectivity index (χ2n) is 8.52. The average Bonchev–Trinajstić information content (AvgIpc) is 3.07. The van der Waals surface area contributed by atoms with Gasteiger partial charge in [0.2, 0.25) is 0 Å². The Labute approximate surface area is 183 Å². The van der Waals surface area contributed by atoms with Crippen molar-refractivity contribution in [2.75, 3.05) is 20.2 Å². The van der Waals surface area contributed by atoms with E-state index < -0.39 is 5.60 Å². The van der Waals surface area contributed by atoms with E-state index >= 15 is 0 Å². The van der Waals surface area contributed by atoms with Gasteiger partial charge in [-0.2, -0.15) is 5.10 Å². The van der Waals surface area contributed by atoms with Crippen molar-refractivity contribution in [1.29, 1.82) is 0 Å². The predicted octanol–water partition coefficient (Wildman–Crippen LogP) is 4.18. The Balaban J connectivity index is 1.45. The Hall–Kier alpha value is -2.70. The molecule has 2 heterocycles. The van der Waals surface area contributed by atoms with Gasteiger partial charge in [-0.1, -0.05) is 24.3 Å². The summed E-state index contributed by atoms with van der Waals surface area (Å²) in [6.07, 6.45) is 1.03. The topological polar surface area (TPSA) is 50.5 Å². The standard InChI is InChI=1S/C25H30FN3O2/c1-18-14-19(2)29(27-18)17-21-15-20(8-9-24(21)31-3)16-28-12-10-25(30,11-13-28)22-6-4-5-7-23(22)26/h4-9,14-15,30H,10-13,16-17H2,1-3H3. The molecule has 0 unspecified atom stereocenters. The maximum absolute atomic E-state index is 14.2. The van der Waals surface area contributed by atoms with Crippen molar-refractivity contribution in [2.24, 2.45) is 0 Å². The molecule has 0 radical (unpaired) electrons. The quantitative estimate of drug-likeness (QED) is 0.646. The number of hydrogen-bond donors (Lipinski definition) is 1. The molecule has 1 saturated heterocycles. The normalized spacial score (nSPS) is 16.4. The summed E-state index contributed by atoms with van der Waals surface area (Å²) < 4.78 is 21.8. The number of hydrogen-bond acceptors (Lipinski definition) is 4. The van der Waals surface area contributed by atoms with Crippen LogP contribution in [0, 0.1) is 19.7 Å². The fourth-order valence-corrected chi connectivity index (χ4v) is 4.50. The van der Waals surface area contributed by atoms with Crippen LogP contribution < -0.4 is 4.74 Å². The minimum absolute atomic E-state index is 0.331. The van der Waals surface area contributed by atoms with Crippen molar-refractivity contribution in [3.63, 3.8) is 0 Å². The van der Waals surface area contributed by atoms with Crippen molar-refractivity contribution in [3.8, 4) is 5.75 Å². The number of nitrogens with zero attached hydrogens (tertiary/aromatic N) is 3. The van der Waals surface area contributed by atoms with Gasteiger partial charge >= 0.3 is 0 Å². The van der Waals surface area contributed by atoms with Gasteiger partial charge in [-0.15, -0.1) is 0 Å². The second kappa shape index (κ2) is 8.81. The molecule has 0 amide bonds. The van der Waals surface area contributed by atoms with E-state index in [-0.39, 0.29) is 5.82 Å². The number of aliphatic hydroxyl groups is 1. The summed E-state index contributed by atoms with van der Waals surface area (Å²) in [7, 11) is 1.69. The van der Waals surface area contributed by atoms with Crippen molar-refractivity contribution in [3.05, 3.63) is 82.4 Å². The number of aryl methyl sites for hydroxylation is 2. The van der Waals surface area contributed by atoms with Crippen LogP contribution in [-0.2, 0) is 18.7 Å². The first-order chi connectivity index (χ1) is 14.9. The highest BCUT2D eigenvalue weighted by molar-refractivity contribution is 5.38. The van der Waals surface area contributed by atoms with Gasteiger partial charge in [0, 0.05) is 36.5 Å². The second-order valence-corrected chi connectivity index (χ2v) is 8.52. The lowest BCUT2D eigenvalue weighted by Crippen LogP contribution is -2.42. The third-order valence-electron chi connectivity index (χ3n) is 6.23.